The zero-order valence-electron chi connectivity index (χ0n) is 12.4. The van der Waals surface area contributed by atoms with Crippen LogP contribution in [-0.2, 0) is 0 Å². The number of carbonyl (C=O) groups excluding carboxylic acids is 1. The first kappa shape index (κ1) is 15.3. The molecule has 110 valence electrons. The van der Waals surface area contributed by atoms with Crippen LogP contribution < -0.4 is 9.47 Å². The van der Waals surface area contributed by atoms with E-state index in [1.165, 1.54) is 20.3 Å². The van der Waals surface area contributed by atoms with Crippen molar-refractivity contribution in [3.8, 4) is 17.6 Å². The average molecular weight is 293 g/mol. The van der Waals surface area contributed by atoms with Gasteiger partial charge < -0.3 is 9.47 Å². The van der Waals surface area contributed by atoms with Crippen molar-refractivity contribution in [3.05, 3.63) is 65.2 Å². The summed E-state index contributed by atoms with van der Waals surface area (Å²) in [6.07, 6.45) is 3.10. The van der Waals surface area contributed by atoms with Crippen molar-refractivity contribution >= 4 is 11.9 Å². The van der Waals surface area contributed by atoms with Crippen molar-refractivity contribution in [2.24, 2.45) is 0 Å². The van der Waals surface area contributed by atoms with E-state index >= 15 is 0 Å². The summed E-state index contributed by atoms with van der Waals surface area (Å²) in [6, 6.07) is 14.3. The number of ketones is 1. The first-order valence-corrected chi connectivity index (χ1v) is 6.63. The number of nitriles is 1. The van der Waals surface area contributed by atoms with Gasteiger partial charge in [0.2, 0.25) is 0 Å². The molecule has 0 N–H and O–H groups in total. The first-order chi connectivity index (χ1) is 10.7. The molecule has 0 bridgehead atoms. The predicted molar refractivity (Wildman–Crippen MR) is 84.1 cm³/mol. The topological polar surface area (TPSA) is 59.3 Å². The molecule has 2 aromatic carbocycles. The van der Waals surface area contributed by atoms with Crippen molar-refractivity contribution in [1.29, 1.82) is 5.26 Å². The van der Waals surface area contributed by atoms with Crippen LogP contribution in [0.4, 0.5) is 0 Å². The summed E-state index contributed by atoms with van der Waals surface area (Å²) in [5, 5.41) is 8.88. The Bertz CT molecular complexity index is 735. The van der Waals surface area contributed by atoms with Gasteiger partial charge in [-0.1, -0.05) is 24.3 Å². The molecule has 0 aliphatic rings. The molecular weight excluding hydrogens is 278 g/mol. The minimum atomic E-state index is -0.225. The molecule has 0 unspecified atom stereocenters. The third kappa shape index (κ3) is 3.33. The maximum atomic E-state index is 12.4. The average Bonchev–Trinajstić information content (AvgIpc) is 2.58. The monoisotopic (exact) mass is 293 g/mol. The van der Waals surface area contributed by atoms with Gasteiger partial charge in [-0.15, -0.1) is 0 Å². The number of rotatable bonds is 5. The van der Waals surface area contributed by atoms with E-state index in [0.29, 0.717) is 22.6 Å². The lowest BCUT2D eigenvalue weighted by Crippen LogP contribution is -2.02. The summed E-state index contributed by atoms with van der Waals surface area (Å²) in [6.45, 7) is 0. The molecule has 0 saturated heterocycles. The highest BCUT2D eigenvalue weighted by Crippen LogP contribution is 2.29. The van der Waals surface area contributed by atoms with Gasteiger partial charge in [-0.25, -0.2) is 0 Å². The molecule has 0 aromatic heterocycles. The maximum Gasteiger partial charge on any atom is 0.193 e. The highest BCUT2D eigenvalue weighted by Gasteiger charge is 2.15. The quantitative estimate of drug-likeness (QED) is 0.625. The Morgan fingerprint density at radius 3 is 2.32 bits per heavy atom. The van der Waals surface area contributed by atoms with Gasteiger partial charge in [0.05, 0.1) is 25.9 Å². The molecule has 4 nitrogen and oxygen atoms in total. The molecular formula is C18H15NO3. The molecule has 0 aliphatic carbocycles. The van der Waals surface area contributed by atoms with Crippen molar-refractivity contribution in [3.63, 3.8) is 0 Å². The Balaban J connectivity index is 2.33. The number of benzene rings is 2. The third-order valence-electron chi connectivity index (χ3n) is 3.12. The molecule has 0 fully saturated rings. The van der Waals surface area contributed by atoms with Crippen molar-refractivity contribution in [2.75, 3.05) is 14.2 Å². The fourth-order valence-electron chi connectivity index (χ4n) is 2.06. The van der Waals surface area contributed by atoms with Crippen LogP contribution in [0.5, 0.6) is 11.5 Å². The number of ether oxygens (including phenoxy) is 2. The van der Waals surface area contributed by atoms with Crippen LogP contribution in [0.3, 0.4) is 0 Å². The molecule has 2 aromatic rings. The predicted octanol–water partition coefficient (Wildman–Crippen LogP) is 3.47. The van der Waals surface area contributed by atoms with Crippen LogP contribution in [0.2, 0.25) is 0 Å². The summed E-state index contributed by atoms with van der Waals surface area (Å²) < 4.78 is 10.4. The Morgan fingerprint density at radius 1 is 1.09 bits per heavy atom. The van der Waals surface area contributed by atoms with Gasteiger partial charge in [0.25, 0.3) is 0 Å². The van der Waals surface area contributed by atoms with E-state index in [-0.39, 0.29) is 5.78 Å². The van der Waals surface area contributed by atoms with Crippen LogP contribution in [0.25, 0.3) is 6.08 Å². The Labute approximate surface area is 129 Å². The van der Waals surface area contributed by atoms with E-state index in [1.54, 1.807) is 42.5 Å². The third-order valence-corrected chi connectivity index (χ3v) is 3.12. The summed E-state index contributed by atoms with van der Waals surface area (Å²) in [7, 11) is 3.01. The molecule has 0 radical (unpaired) electrons. The van der Waals surface area contributed by atoms with Gasteiger partial charge in [0.1, 0.15) is 17.1 Å². The van der Waals surface area contributed by atoms with E-state index < -0.39 is 0 Å². The Hall–Kier alpha value is -3.06. The molecule has 0 atom stereocenters. The molecule has 0 aliphatic heterocycles. The lowest BCUT2D eigenvalue weighted by molar-refractivity contribution is 0.104. The summed E-state index contributed by atoms with van der Waals surface area (Å²) in [5.41, 5.74) is 1.70. The van der Waals surface area contributed by atoms with Crippen LogP contribution in [0, 0.1) is 11.3 Å². The normalized spacial score (nSPS) is 10.2. The Morgan fingerprint density at radius 2 is 1.73 bits per heavy atom. The second kappa shape index (κ2) is 7.09. The fraction of sp³-hybridized carbons (Fsp3) is 0.111. The van der Waals surface area contributed by atoms with Crippen LogP contribution in [0.15, 0.2) is 48.5 Å². The minimum absolute atomic E-state index is 0.225. The Kier molecular flexibility index (Phi) is 4.94. The van der Waals surface area contributed by atoms with Crippen LogP contribution in [0.1, 0.15) is 21.5 Å². The van der Waals surface area contributed by atoms with E-state index in [0.717, 1.165) is 5.56 Å². The number of hydrogen-bond donors (Lipinski definition) is 0. The zero-order valence-corrected chi connectivity index (χ0v) is 12.4. The number of methoxy groups -OCH3 is 2. The summed E-state index contributed by atoms with van der Waals surface area (Å²) in [5.74, 6) is 0.691. The number of hydrogen-bond acceptors (Lipinski definition) is 4. The SMILES string of the molecule is COc1cccc(OC)c1C(=O)/C=C/c1cccc(C#N)c1. The zero-order chi connectivity index (χ0) is 15.9. The van der Waals surface area contributed by atoms with Gasteiger partial charge >= 0.3 is 0 Å². The maximum absolute atomic E-state index is 12.4. The van der Waals surface area contributed by atoms with Gasteiger partial charge in [0.15, 0.2) is 5.78 Å². The highest BCUT2D eigenvalue weighted by atomic mass is 16.5. The molecule has 0 spiro atoms. The van der Waals surface area contributed by atoms with E-state index in [1.807, 2.05) is 6.07 Å². The standard InChI is InChI=1S/C18H15NO3/c1-21-16-7-4-8-17(22-2)18(16)15(20)10-9-13-5-3-6-14(11-13)12-19/h3-11H,1-2H3/b10-9+. The van der Waals surface area contributed by atoms with Gasteiger partial charge in [-0.3, -0.25) is 4.79 Å². The molecule has 4 heteroatoms. The van der Waals surface area contributed by atoms with E-state index in [9.17, 15) is 4.79 Å². The fourth-order valence-corrected chi connectivity index (χ4v) is 2.06. The number of nitrogens with zero attached hydrogens (tertiary/aromatic N) is 1. The lowest BCUT2D eigenvalue weighted by Gasteiger charge is -2.10. The van der Waals surface area contributed by atoms with Crippen molar-refractivity contribution in [2.45, 2.75) is 0 Å². The second-order valence-electron chi connectivity index (χ2n) is 4.47. The number of allylic oxidation sites excluding steroid dienone is 1. The number of carbonyl (C=O) groups is 1. The molecule has 0 saturated carbocycles. The minimum Gasteiger partial charge on any atom is -0.496 e. The first-order valence-electron chi connectivity index (χ1n) is 6.63. The second-order valence-corrected chi connectivity index (χ2v) is 4.47. The van der Waals surface area contributed by atoms with Crippen molar-refractivity contribution in [1.82, 2.24) is 0 Å². The van der Waals surface area contributed by atoms with Gasteiger partial charge in [-0.2, -0.15) is 5.26 Å². The molecule has 0 amide bonds. The van der Waals surface area contributed by atoms with Gasteiger partial charge in [-0.05, 0) is 35.9 Å². The molecule has 0 heterocycles. The summed E-state index contributed by atoms with van der Waals surface area (Å²) >= 11 is 0. The van der Waals surface area contributed by atoms with Crippen LogP contribution >= 0.6 is 0 Å². The summed E-state index contributed by atoms with van der Waals surface area (Å²) in [4.78, 5) is 12.4. The largest absolute Gasteiger partial charge is 0.496 e. The molecule has 2 rings (SSSR count). The van der Waals surface area contributed by atoms with Crippen molar-refractivity contribution < 1.29 is 14.3 Å². The molecule has 22 heavy (non-hydrogen) atoms. The van der Waals surface area contributed by atoms with E-state index in [2.05, 4.69) is 6.07 Å². The van der Waals surface area contributed by atoms with E-state index in [4.69, 9.17) is 14.7 Å². The van der Waals surface area contributed by atoms with Gasteiger partial charge in [0, 0.05) is 0 Å². The lowest BCUT2D eigenvalue weighted by atomic mass is 10.1. The smallest absolute Gasteiger partial charge is 0.193 e. The highest BCUT2D eigenvalue weighted by molar-refractivity contribution is 6.10. The van der Waals surface area contributed by atoms with Crippen LogP contribution in [-0.4, -0.2) is 20.0 Å².